The Morgan fingerprint density at radius 2 is 2.08 bits per heavy atom. The van der Waals surface area contributed by atoms with Crippen LogP contribution < -0.4 is 10.2 Å². The van der Waals surface area contributed by atoms with Crippen molar-refractivity contribution in [3.8, 4) is 0 Å². The fourth-order valence-corrected chi connectivity index (χ4v) is 3.96. The van der Waals surface area contributed by atoms with Crippen LogP contribution in [0.15, 0.2) is 30.5 Å². The van der Waals surface area contributed by atoms with Crippen LogP contribution in [0.2, 0.25) is 0 Å². The third kappa shape index (κ3) is 2.97. The van der Waals surface area contributed by atoms with E-state index in [1.165, 1.54) is 22.5 Å². The third-order valence-corrected chi connectivity index (χ3v) is 5.43. The van der Waals surface area contributed by atoms with Gasteiger partial charge in [0.15, 0.2) is 0 Å². The van der Waals surface area contributed by atoms with Crippen molar-refractivity contribution in [1.29, 1.82) is 0 Å². The van der Waals surface area contributed by atoms with E-state index in [-0.39, 0.29) is 12.1 Å². The van der Waals surface area contributed by atoms with Gasteiger partial charge in [0.05, 0.1) is 12.2 Å². The summed E-state index contributed by atoms with van der Waals surface area (Å²) >= 11 is 0. The first-order valence-corrected chi connectivity index (χ1v) is 8.98. The zero-order valence-electron chi connectivity index (χ0n) is 14.9. The number of hydrogen-bond acceptors (Lipinski definition) is 3. The molecule has 1 aromatic carbocycles. The van der Waals surface area contributed by atoms with E-state index in [9.17, 15) is 4.79 Å². The zero-order valence-corrected chi connectivity index (χ0v) is 14.9. The maximum atomic E-state index is 12.9. The maximum absolute atomic E-state index is 12.9. The Balaban J connectivity index is 1.51. The van der Waals surface area contributed by atoms with Crippen LogP contribution in [0.25, 0.3) is 0 Å². The Kier molecular flexibility index (Phi) is 4.11. The van der Waals surface area contributed by atoms with E-state index in [1.54, 1.807) is 0 Å². The third-order valence-electron chi connectivity index (χ3n) is 5.43. The number of fused-ring (bicyclic) bond motifs is 2. The molecule has 6 nitrogen and oxygen atoms in total. The number of nitrogens with zero attached hydrogens (tertiary/aromatic N) is 4. The van der Waals surface area contributed by atoms with Crippen LogP contribution in [0.1, 0.15) is 35.7 Å². The van der Waals surface area contributed by atoms with E-state index < -0.39 is 0 Å². The molecule has 1 N–H and O–H groups in total. The van der Waals surface area contributed by atoms with Crippen LogP contribution in [0.3, 0.4) is 0 Å². The average Bonchev–Trinajstić information content (AvgIpc) is 2.91. The van der Waals surface area contributed by atoms with Crippen molar-refractivity contribution in [1.82, 2.24) is 20.0 Å². The summed E-state index contributed by atoms with van der Waals surface area (Å²) in [4.78, 5) is 17.1. The minimum absolute atomic E-state index is 0.0202. The maximum Gasteiger partial charge on any atom is 0.318 e. The number of likely N-dealkylation sites (N-methyl/N-ethyl adjacent to an activating group) is 1. The molecule has 2 aliphatic rings. The van der Waals surface area contributed by atoms with Crippen LogP contribution in [0.4, 0.5) is 10.5 Å². The first kappa shape index (κ1) is 16.0. The van der Waals surface area contributed by atoms with Crippen molar-refractivity contribution in [3.05, 3.63) is 47.3 Å². The molecule has 0 fully saturated rings. The molecule has 0 saturated heterocycles. The Hall–Kier alpha value is -2.50. The molecule has 1 unspecified atom stereocenters. The molecule has 1 atom stereocenters. The van der Waals surface area contributed by atoms with Crippen LogP contribution in [0, 0.1) is 0 Å². The molecule has 2 amide bonds. The highest BCUT2D eigenvalue weighted by molar-refractivity contribution is 5.75. The van der Waals surface area contributed by atoms with Gasteiger partial charge in [0.2, 0.25) is 0 Å². The number of nitrogens with one attached hydrogen (secondary N) is 1. The summed E-state index contributed by atoms with van der Waals surface area (Å²) in [5.41, 5.74) is 4.83. The highest BCUT2D eigenvalue weighted by Crippen LogP contribution is 2.30. The van der Waals surface area contributed by atoms with Crippen LogP contribution in [-0.4, -0.2) is 40.8 Å². The van der Waals surface area contributed by atoms with Gasteiger partial charge >= 0.3 is 6.03 Å². The van der Waals surface area contributed by atoms with E-state index in [2.05, 4.69) is 40.6 Å². The minimum atomic E-state index is 0.0202. The predicted molar refractivity (Wildman–Crippen MR) is 97.5 cm³/mol. The largest absolute Gasteiger partial charge is 0.373 e. The lowest BCUT2D eigenvalue weighted by Gasteiger charge is -2.28. The molecule has 6 heteroatoms. The number of aryl methyl sites for hydroxylation is 1. The summed E-state index contributed by atoms with van der Waals surface area (Å²) in [6.45, 7) is 2.22. The predicted octanol–water partition coefficient (Wildman–Crippen LogP) is 2.46. The first-order valence-electron chi connectivity index (χ1n) is 8.98. The fourth-order valence-electron chi connectivity index (χ4n) is 3.96. The van der Waals surface area contributed by atoms with Gasteiger partial charge in [-0.05, 0) is 30.9 Å². The van der Waals surface area contributed by atoms with Crippen LogP contribution >= 0.6 is 0 Å². The normalized spacial score (nSPS) is 19.8. The molecule has 132 valence electrons. The number of anilines is 1. The Morgan fingerprint density at radius 1 is 1.24 bits per heavy atom. The molecular formula is C19H25N5O. The van der Waals surface area contributed by atoms with Crippen molar-refractivity contribution < 1.29 is 4.79 Å². The summed E-state index contributed by atoms with van der Waals surface area (Å²) in [6, 6.07) is 8.42. The molecule has 4 rings (SSSR count). The van der Waals surface area contributed by atoms with Gasteiger partial charge in [-0.1, -0.05) is 18.2 Å². The van der Waals surface area contributed by atoms with Crippen molar-refractivity contribution in [3.63, 3.8) is 0 Å². The van der Waals surface area contributed by atoms with E-state index in [4.69, 9.17) is 0 Å². The topological polar surface area (TPSA) is 53.4 Å². The zero-order chi connectivity index (χ0) is 17.4. The molecule has 1 aromatic heterocycles. The molecule has 0 saturated carbocycles. The first-order chi connectivity index (χ1) is 12.1. The fraction of sp³-hybridized carbons (Fsp3) is 0.474. The number of hydrogen-bond donors (Lipinski definition) is 1. The van der Waals surface area contributed by atoms with Crippen LogP contribution in [-0.2, 0) is 20.0 Å². The van der Waals surface area contributed by atoms with Gasteiger partial charge in [-0.2, -0.15) is 5.10 Å². The van der Waals surface area contributed by atoms with Gasteiger partial charge in [-0.25, -0.2) is 4.79 Å². The molecule has 0 spiro atoms. The molecule has 2 aromatic rings. The van der Waals surface area contributed by atoms with Crippen molar-refractivity contribution in [2.45, 2.75) is 31.8 Å². The lowest BCUT2D eigenvalue weighted by atomic mass is 9.93. The summed E-state index contributed by atoms with van der Waals surface area (Å²) in [7, 11) is 4.06. The van der Waals surface area contributed by atoms with Crippen molar-refractivity contribution in [2.24, 2.45) is 7.05 Å². The Bertz CT molecular complexity index is 784. The lowest BCUT2D eigenvalue weighted by molar-refractivity contribution is 0.192. The number of rotatable bonds is 1. The monoisotopic (exact) mass is 339 g/mol. The summed E-state index contributed by atoms with van der Waals surface area (Å²) in [5.74, 6) is 0. The highest BCUT2D eigenvalue weighted by Gasteiger charge is 2.27. The smallest absolute Gasteiger partial charge is 0.318 e. The summed E-state index contributed by atoms with van der Waals surface area (Å²) < 4.78 is 1.94. The standard InChI is InChI=1S/C19H25N5O/c1-22-10-11-24(13-14-6-3-4-8-17(14)22)19(25)21-16-7-5-9-18-15(16)12-20-23(18)2/h3-4,6,8,12,16H,5,7,9-11,13H2,1-2H3,(H,21,25). The average molecular weight is 339 g/mol. The Labute approximate surface area is 148 Å². The van der Waals surface area contributed by atoms with Gasteiger partial charge in [0.25, 0.3) is 0 Å². The number of para-hydroxylation sites is 1. The SMILES string of the molecule is CN1CCN(C(=O)NC2CCCc3c2cnn3C)Cc2ccccc21. The number of urea groups is 1. The number of benzene rings is 1. The molecular weight excluding hydrogens is 314 g/mol. The quantitative estimate of drug-likeness (QED) is 0.868. The van der Waals surface area contributed by atoms with Gasteiger partial charge in [-0.15, -0.1) is 0 Å². The lowest BCUT2D eigenvalue weighted by Crippen LogP contribution is -2.43. The van der Waals surface area contributed by atoms with Crippen molar-refractivity contribution >= 4 is 11.7 Å². The molecule has 1 aliphatic heterocycles. The summed E-state index contributed by atoms with van der Waals surface area (Å²) in [6.07, 6.45) is 5.02. The molecule has 0 bridgehead atoms. The number of aromatic nitrogens is 2. The van der Waals surface area contributed by atoms with E-state index in [0.29, 0.717) is 6.54 Å². The number of carbonyl (C=O) groups is 1. The molecule has 25 heavy (non-hydrogen) atoms. The number of carbonyl (C=O) groups excluding carboxylic acids is 1. The minimum Gasteiger partial charge on any atom is -0.373 e. The van der Waals surface area contributed by atoms with Gasteiger partial charge in [-0.3, -0.25) is 4.68 Å². The van der Waals surface area contributed by atoms with E-state index in [0.717, 1.165) is 32.4 Å². The summed E-state index contributed by atoms with van der Waals surface area (Å²) in [5, 5.41) is 7.61. The second-order valence-corrected chi connectivity index (χ2v) is 7.04. The number of amides is 2. The van der Waals surface area contributed by atoms with Gasteiger partial charge < -0.3 is 15.1 Å². The van der Waals surface area contributed by atoms with Crippen molar-refractivity contribution in [2.75, 3.05) is 25.0 Å². The van der Waals surface area contributed by atoms with Gasteiger partial charge in [0, 0.05) is 50.7 Å². The molecule has 0 radical (unpaired) electrons. The molecule has 1 aliphatic carbocycles. The molecule has 2 heterocycles. The second-order valence-electron chi connectivity index (χ2n) is 7.04. The van der Waals surface area contributed by atoms with E-state index >= 15 is 0 Å². The highest BCUT2D eigenvalue weighted by atomic mass is 16.2. The van der Waals surface area contributed by atoms with E-state index in [1.807, 2.05) is 28.9 Å². The second kappa shape index (κ2) is 6.43. The van der Waals surface area contributed by atoms with Crippen LogP contribution in [0.5, 0.6) is 0 Å². The Morgan fingerprint density at radius 3 is 2.96 bits per heavy atom. The van der Waals surface area contributed by atoms with Gasteiger partial charge in [0.1, 0.15) is 0 Å².